The predicted octanol–water partition coefficient (Wildman–Crippen LogP) is 3.53. The Bertz CT molecular complexity index is 434. The van der Waals surface area contributed by atoms with Crippen molar-refractivity contribution in [2.45, 2.75) is 43.9 Å². The molecule has 2 unspecified atom stereocenters. The number of aliphatic carboxylic acids is 1. The van der Waals surface area contributed by atoms with Crippen LogP contribution in [0.2, 0.25) is 0 Å². The van der Waals surface area contributed by atoms with Crippen LogP contribution in [0.25, 0.3) is 0 Å². The van der Waals surface area contributed by atoms with Gasteiger partial charge in [-0.2, -0.15) is 0 Å². The van der Waals surface area contributed by atoms with Gasteiger partial charge < -0.3 is 5.11 Å². The van der Waals surface area contributed by atoms with E-state index in [1.807, 2.05) is 6.07 Å². The summed E-state index contributed by atoms with van der Waals surface area (Å²) in [5, 5.41) is 8.98. The summed E-state index contributed by atoms with van der Waals surface area (Å²) in [5.41, 5.74) is 2.74. The molecule has 1 aromatic carbocycles. The smallest absolute Gasteiger partial charge is 0.303 e. The molecule has 17 heavy (non-hydrogen) atoms. The molecule has 2 nitrogen and oxygen atoms in total. The first-order chi connectivity index (χ1) is 8.25. The maximum atomic E-state index is 10.9. The van der Waals surface area contributed by atoms with Crippen molar-refractivity contribution in [3.63, 3.8) is 0 Å². The minimum atomic E-state index is -0.672. The van der Waals surface area contributed by atoms with E-state index < -0.39 is 5.97 Å². The fraction of sp³-hybridized carbons (Fsp3) is 0.533. The van der Waals surface area contributed by atoms with E-state index in [-0.39, 0.29) is 12.3 Å². The second-order valence-corrected chi connectivity index (χ2v) is 5.44. The zero-order chi connectivity index (χ0) is 11.8. The third-order valence-corrected chi connectivity index (χ3v) is 4.27. The molecule has 1 saturated carbocycles. The Morgan fingerprint density at radius 1 is 1.12 bits per heavy atom. The molecule has 0 aromatic heterocycles. The van der Waals surface area contributed by atoms with Gasteiger partial charge in [-0.15, -0.1) is 0 Å². The molecule has 0 spiro atoms. The molecular weight excluding hydrogens is 212 g/mol. The fourth-order valence-corrected chi connectivity index (χ4v) is 3.32. The summed E-state index contributed by atoms with van der Waals surface area (Å²) in [4.78, 5) is 10.9. The lowest BCUT2D eigenvalue weighted by atomic mass is 9.74. The maximum Gasteiger partial charge on any atom is 0.303 e. The van der Waals surface area contributed by atoms with Gasteiger partial charge in [0.25, 0.3) is 0 Å². The fourth-order valence-electron chi connectivity index (χ4n) is 3.32. The number of hydrogen-bond acceptors (Lipinski definition) is 1. The van der Waals surface area contributed by atoms with Crippen molar-refractivity contribution in [1.29, 1.82) is 0 Å². The van der Waals surface area contributed by atoms with Crippen molar-refractivity contribution in [3.8, 4) is 0 Å². The number of rotatable bonds is 3. The van der Waals surface area contributed by atoms with Gasteiger partial charge in [-0.05, 0) is 54.6 Å². The van der Waals surface area contributed by atoms with Crippen LogP contribution in [0, 0.1) is 5.92 Å². The van der Waals surface area contributed by atoms with Crippen molar-refractivity contribution in [2.75, 3.05) is 0 Å². The maximum absolute atomic E-state index is 10.9. The first-order valence-electron chi connectivity index (χ1n) is 6.56. The van der Waals surface area contributed by atoms with Crippen molar-refractivity contribution >= 4 is 5.97 Å². The summed E-state index contributed by atoms with van der Waals surface area (Å²) in [6.07, 6.45) is 5.24. The van der Waals surface area contributed by atoms with Gasteiger partial charge in [0.1, 0.15) is 0 Å². The van der Waals surface area contributed by atoms with Gasteiger partial charge in [0.15, 0.2) is 0 Å². The van der Waals surface area contributed by atoms with E-state index in [1.165, 1.54) is 30.4 Å². The average Bonchev–Trinajstić information content (AvgIpc) is 3.13. The van der Waals surface area contributed by atoms with E-state index >= 15 is 0 Å². The van der Waals surface area contributed by atoms with Crippen LogP contribution >= 0.6 is 0 Å². The monoisotopic (exact) mass is 230 g/mol. The second kappa shape index (κ2) is 4.17. The highest BCUT2D eigenvalue weighted by atomic mass is 16.4. The van der Waals surface area contributed by atoms with Gasteiger partial charge in [-0.25, -0.2) is 0 Å². The molecule has 0 aliphatic heterocycles. The molecule has 0 heterocycles. The molecular formula is C15H18O2. The highest BCUT2D eigenvalue weighted by molar-refractivity contribution is 5.68. The van der Waals surface area contributed by atoms with Crippen LogP contribution in [0.15, 0.2) is 24.3 Å². The lowest BCUT2D eigenvalue weighted by molar-refractivity contribution is -0.137. The van der Waals surface area contributed by atoms with Crippen molar-refractivity contribution in [3.05, 3.63) is 35.4 Å². The van der Waals surface area contributed by atoms with Crippen LogP contribution in [0.1, 0.15) is 55.1 Å². The van der Waals surface area contributed by atoms with E-state index in [1.54, 1.807) is 0 Å². The van der Waals surface area contributed by atoms with Gasteiger partial charge in [0.2, 0.25) is 0 Å². The summed E-state index contributed by atoms with van der Waals surface area (Å²) in [6, 6.07) is 8.49. The molecule has 0 saturated heterocycles. The SMILES string of the molecule is O=C(O)CC1CCC(C2CC2)c2ccccc21. The number of carboxylic acids is 1. The standard InChI is InChI=1S/C15H18O2/c16-15(17)9-11-7-8-13(10-5-6-10)14-4-2-1-3-12(11)14/h1-4,10-11,13H,5-9H2,(H,16,17). The van der Waals surface area contributed by atoms with Crippen molar-refractivity contribution < 1.29 is 9.90 Å². The van der Waals surface area contributed by atoms with E-state index in [0.717, 1.165) is 12.3 Å². The first-order valence-corrected chi connectivity index (χ1v) is 6.56. The molecule has 1 N–H and O–H groups in total. The highest BCUT2D eigenvalue weighted by Gasteiger charge is 2.37. The molecule has 0 amide bonds. The summed E-state index contributed by atoms with van der Waals surface area (Å²) < 4.78 is 0. The van der Waals surface area contributed by atoms with Gasteiger partial charge in [-0.1, -0.05) is 24.3 Å². The molecule has 1 fully saturated rings. The molecule has 3 rings (SSSR count). The Kier molecular flexibility index (Phi) is 2.65. The first kappa shape index (κ1) is 10.8. The lowest BCUT2D eigenvalue weighted by Crippen LogP contribution is -2.18. The summed E-state index contributed by atoms with van der Waals surface area (Å²) in [5.74, 6) is 1.14. The van der Waals surface area contributed by atoms with E-state index in [0.29, 0.717) is 5.92 Å². The van der Waals surface area contributed by atoms with Crippen LogP contribution < -0.4 is 0 Å². The van der Waals surface area contributed by atoms with Crippen LogP contribution in [-0.2, 0) is 4.79 Å². The van der Waals surface area contributed by atoms with Gasteiger partial charge in [-0.3, -0.25) is 4.79 Å². The number of benzene rings is 1. The summed E-state index contributed by atoms with van der Waals surface area (Å²) >= 11 is 0. The third-order valence-electron chi connectivity index (χ3n) is 4.27. The molecule has 0 bridgehead atoms. The van der Waals surface area contributed by atoms with Crippen molar-refractivity contribution in [2.24, 2.45) is 5.92 Å². The van der Waals surface area contributed by atoms with Crippen LogP contribution in [0.5, 0.6) is 0 Å². The summed E-state index contributed by atoms with van der Waals surface area (Å²) in [6.45, 7) is 0. The van der Waals surface area contributed by atoms with Crippen LogP contribution in [-0.4, -0.2) is 11.1 Å². The Morgan fingerprint density at radius 3 is 2.47 bits per heavy atom. The molecule has 2 aliphatic rings. The minimum absolute atomic E-state index is 0.235. The lowest BCUT2D eigenvalue weighted by Gasteiger charge is -2.31. The number of carboxylic acid groups (broad SMARTS) is 1. The minimum Gasteiger partial charge on any atom is -0.481 e. The van der Waals surface area contributed by atoms with Gasteiger partial charge in [0.05, 0.1) is 6.42 Å². The number of carbonyl (C=O) groups is 1. The quantitative estimate of drug-likeness (QED) is 0.862. The van der Waals surface area contributed by atoms with Gasteiger partial charge in [0, 0.05) is 0 Å². The van der Waals surface area contributed by atoms with Crippen molar-refractivity contribution in [1.82, 2.24) is 0 Å². The molecule has 90 valence electrons. The summed E-state index contributed by atoms with van der Waals surface area (Å²) in [7, 11) is 0. The normalized spacial score (nSPS) is 27.5. The van der Waals surface area contributed by atoms with E-state index in [2.05, 4.69) is 18.2 Å². The molecule has 0 radical (unpaired) electrons. The number of hydrogen-bond donors (Lipinski definition) is 1. The Balaban J connectivity index is 1.92. The molecule has 2 aliphatic carbocycles. The molecule has 2 heteroatoms. The second-order valence-electron chi connectivity index (χ2n) is 5.44. The molecule has 2 atom stereocenters. The highest BCUT2D eigenvalue weighted by Crippen LogP contribution is 2.51. The molecule has 1 aromatic rings. The average molecular weight is 230 g/mol. The number of fused-ring (bicyclic) bond motifs is 1. The largest absolute Gasteiger partial charge is 0.481 e. The van der Waals surface area contributed by atoms with Gasteiger partial charge >= 0.3 is 5.97 Å². The Labute approximate surface area is 102 Å². The zero-order valence-corrected chi connectivity index (χ0v) is 9.93. The van der Waals surface area contributed by atoms with Crippen LogP contribution in [0.3, 0.4) is 0 Å². The predicted molar refractivity (Wildman–Crippen MR) is 66.1 cm³/mol. The Morgan fingerprint density at radius 2 is 1.82 bits per heavy atom. The topological polar surface area (TPSA) is 37.3 Å². The third kappa shape index (κ3) is 2.08. The van der Waals surface area contributed by atoms with E-state index in [9.17, 15) is 4.79 Å². The Hall–Kier alpha value is -1.31. The zero-order valence-electron chi connectivity index (χ0n) is 9.93. The van der Waals surface area contributed by atoms with Crippen LogP contribution in [0.4, 0.5) is 0 Å². The van der Waals surface area contributed by atoms with E-state index in [4.69, 9.17) is 5.11 Å².